The van der Waals surface area contributed by atoms with Crippen molar-refractivity contribution in [3.05, 3.63) is 65.6 Å². The van der Waals surface area contributed by atoms with Crippen LogP contribution < -0.4 is 0 Å². The number of piperidine rings is 1. The SMILES string of the molecule is CC(=O)c1ccc(-c2nccc3[nH]c(-c4n[nH]c5cnc(-c6cncc(CN7CCCCC7)c6)cc45)nc23)s1. The highest BCUT2D eigenvalue weighted by Gasteiger charge is 2.18. The number of hydrogen-bond acceptors (Lipinski definition) is 8. The molecule has 0 bridgehead atoms. The summed E-state index contributed by atoms with van der Waals surface area (Å²) in [4.78, 5) is 38.0. The first kappa shape index (κ1) is 23.8. The number of aromatic amines is 2. The topological polar surface area (TPSA) is 116 Å². The molecule has 6 aromatic heterocycles. The molecule has 0 aliphatic carbocycles. The Morgan fingerprint density at radius 1 is 1.00 bits per heavy atom. The number of Topliss-reactive ketones (excluding diaryl/α,β-unsaturated/α-hetero) is 1. The lowest BCUT2D eigenvalue weighted by atomic mass is 10.1. The quantitative estimate of drug-likeness (QED) is 0.257. The van der Waals surface area contributed by atoms with E-state index >= 15 is 0 Å². The minimum Gasteiger partial charge on any atom is -0.336 e. The van der Waals surface area contributed by atoms with E-state index < -0.39 is 0 Å². The molecule has 1 fully saturated rings. The Balaban J connectivity index is 1.25. The van der Waals surface area contributed by atoms with Gasteiger partial charge in [-0.1, -0.05) is 6.42 Å². The summed E-state index contributed by atoms with van der Waals surface area (Å²) in [6.07, 6.45) is 11.2. The number of carbonyl (C=O) groups excluding carboxylic acids is 1. The van der Waals surface area contributed by atoms with Gasteiger partial charge in [0.05, 0.1) is 32.7 Å². The van der Waals surface area contributed by atoms with Gasteiger partial charge in [0.15, 0.2) is 11.6 Å². The highest BCUT2D eigenvalue weighted by molar-refractivity contribution is 7.17. The number of pyridine rings is 3. The lowest BCUT2D eigenvalue weighted by Gasteiger charge is -2.26. The zero-order chi connectivity index (χ0) is 26.3. The van der Waals surface area contributed by atoms with Crippen LogP contribution in [-0.2, 0) is 6.54 Å². The van der Waals surface area contributed by atoms with Crippen LogP contribution >= 0.6 is 11.3 Å². The second-order valence-corrected chi connectivity index (χ2v) is 11.1. The van der Waals surface area contributed by atoms with Crippen molar-refractivity contribution in [2.24, 2.45) is 0 Å². The molecule has 7 rings (SSSR count). The summed E-state index contributed by atoms with van der Waals surface area (Å²) in [6, 6.07) is 9.89. The Labute approximate surface area is 228 Å². The molecule has 0 radical (unpaired) electrons. The summed E-state index contributed by atoms with van der Waals surface area (Å²) in [5.41, 5.74) is 6.89. The van der Waals surface area contributed by atoms with E-state index in [4.69, 9.17) is 9.97 Å². The zero-order valence-electron chi connectivity index (χ0n) is 21.4. The lowest BCUT2D eigenvalue weighted by Crippen LogP contribution is -2.29. The molecule has 39 heavy (non-hydrogen) atoms. The monoisotopic (exact) mass is 534 g/mol. The molecule has 0 saturated carbocycles. The highest BCUT2D eigenvalue weighted by atomic mass is 32.1. The van der Waals surface area contributed by atoms with Crippen molar-refractivity contribution in [2.75, 3.05) is 13.1 Å². The van der Waals surface area contributed by atoms with Gasteiger partial charge in [-0.25, -0.2) is 4.98 Å². The summed E-state index contributed by atoms with van der Waals surface area (Å²) in [7, 11) is 0. The fraction of sp³-hybridized carbons (Fsp3) is 0.241. The fourth-order valence-corrected chi connectivity index (χ4v) is 6.13. The summed E-state index contributed by atoms with van der Waals surface area (Å²) in [5, 5.41) is 8.59. The molecular weight excluding hydrogens is 508 g/mol. The van der Waals surface area contributed by atoms with Gasteiger partial charge in [-0.3, -0.25) is 29.7 Å². The summed E-state index contributed by atoms with van der Waals surface area (Å²) < 4.78 is 0. The maximum Gasteiger partial charge on any atom is 0.169 e. The van der Waals surface area contributed by atoms with Gasteiger partial charge in [-0.05, 0) is 68.8 Å². The molecule has 9 nitrogen and oxygen atoms in total. The Hall–Kier alpha value is -4.28. The van der Waals surface area contributed by atoms with E-state index in [1.165, 1.54) is 36.2 Å². The highest BCUT2D eigenvalue weighted by Crippen LogP contribution is 2.34. The molecule has 6 aromatic rings. The molecule has 0 atom stereocenters. The molecule has 7 heterocycles. The number of aromatic nitrogens is 7. The van der Waals surface area contributed by atoms with Crippen LogP contribution in [0.2, 0.25) is 0 Å². The average Bonchev–Trinajstić information content (AvgIpc) is 3.71. The summed E-state index contributed by atoms with van der Waals surface area (Å²) >= 11 is 1.42. The van der Waals surface area contributed by atoms with Crippen LogP contribution in [0, 0.1) is 0 Å². The Kier molecular flexibility index (Phi) is 5.98. The van der Waals surface area contributed by atoms with Gasteiger partial charge in [-0.2, -0.15) is 5.10 Å². The number of thiophene rings is 1. The molecule has 10 heteroatoms. The van der Waals surface area contributed by atoms with Crippen molar-refractivity contribution in [1.82, 2.24) is 40.0 Å². The predicted octanol–water partition coefficient (Wildman–Crippen LogP) is 5.88. The minimum atomic E-state index is 0.0424. The number of nitrogens with zero attached hydrogens (tertiary/aromatic N) is 6. The van der Waals surface area contributed by atoms with Crippen LogP contribution in [0.15, 0.2) is 55.1 Å². The summed E-state index contributed by atoms with van der Waals surface area (Å²) in [6.45, 7) is 4.77. The summed E-state index contributed by atoms with van der Waals surface area (Å²) in [5.74, 6) is 0.684. The van der Waals surface area contributed by atoms with Crippen molar-refractivity contribution in [3.8, 4) is 33.3 Å². The first-order chi connectivity index (χ1) is 19.1. The third-order valence-corrected chi connectivity index (χ3v) is 8.40. The van der Waals surface area contributed by atoms with E-state index in [0.717, 1.165) is 63.4 Å². The number of carbonyl (C=O) groups is 1. The smallest absolute Gasteiger partial charge is 0.169 e. The van der Waals surface area contributed by atoms with E-state index in [1.807, 2.05) is 42.9 Å². The number of ketones is 1. The molecule has 0 amide bonds. The second-order valence-electron chi connectivity index (χ2n) is 9.97. The van der Waals surface area contributed by atoms with Gasteiger partial charge in [-0.15, -0.1) is 11.3 Å². The Morgan fingerprint density at radius 3 is 2.74 bits per heavy atom. The molecule has 0 spiro atoms. The predicted molar refractivity (Wildman–Crippen MR) is 152 cm³/mol. The van der Waals surface area contributed by atoms with Crippen LogP contribution in [0.4, 0.5) is 0 Å². The number of fused-ring (bicyclic) bond motifs is 2. The largest absolute Gasteiger partial charge is 0.336 e. The molecule has 1 aliphatic heterocycles. The number of rotatable bonds is 6. The van der Waals surface area contributed by atoms with Crippen LogP contribution in [0.25, 0.3) is 55.3 Å². The van der Waals surface area contributed by atoms with Crippen molar-refractivity contribution in [3.63, 3.8) is 0 Å². The van der Waals surface area contributed by atoms with Crippen LogP contribution in [0.3, 0.4) is 0 Å². The van der Waals surface area contributed by atoms with E-state index in [2.05, 4.69) is 36.1 Å². The standard InChI is InChI=1S/C29H26N8OS/c1-17(38)24-5-6-25(39-24)28-27-21(7-8-31-28)33-29(34-27)26-20-12-22(32-15-23(20)35-36-26)19-11-18(13-30-14-19)16-37-9-3-2-4-10-37/h5-8,11-15H,2-4,9-10,16H2,1H3,(H,33,34)(H,35,36). The van der Waals surface area contributed by atoms with Gasteiger partial charge in [0.2, 0.25) is 0 Å². The van der Waals surface area contributed by atoms with Crippen molar-refractivity contribution in [1.29, 1.82) is 0 Å². The van der Waals surface area contributed by atoms with Gasteiger partial charge in [0.1, 0.15) is 16.9 Å². The van der Waals surface area contributed by atoms with E-state index in [1.54, 1.807) is 13.1 Å². The van der Waals surface area contributed by atoms with E-state index in [-0.39, 0.29) is 5.78 Å². The maximum absolute atomic E-state index is 11.8. The number of H-pyrrole nitrogens is 2. The molecule has 1 saturated heterocycles. The number of hydrogen-bond donors (Lipinski definition) is 2. The number of nitrogens with one attached hydrogen (secondary N) is 2. The van der Waals surface area contributed by atoms with Gasteiger partial charge >= 0.3 is 0 Å². The zero-order valence-corrected chi connectivity index (χ0v) is 22.3. The molecule has 194 valence electrons. The first-order valence-corrected chi connectivity index (χ1v) is 13.9. The normalized spacial score (nSPS) is 14.4. The van der Waals surface area contributed by atoms with Crippen molar-refractivity contribution in [2.45, 2.75) is 32.7 Å². The van der Waals surface area contributed by atoms with Crippen LogP contribution in [0.1, 0.15) is 41.4 Å². The Morgan fingerprint density at radius 2 is 1.90 bits per heavy atom. The lowest BCUT2D eigenvalue weighted by molar-refractivity contribution is 0.102. The van der Waals surface area contributed by atoms with Gasteiger partial charge in [0, 0.05) is 36.1 Å². The molecule has 1 aliphatic rings. The molecular formula is C29H26N8OS. The van der Waals surface area contributed by atoms with Gasteiger partial charge in [0.25, 0.3) is 0 Å². The van der Waals surface area contributed by atoms with Crippen molar-refractivity contribution < 1.29 is 4.79 Å². The number of likely N-dealkylation sites (tertiary alicyclic amines) is 1. The molecule has 0 unspecified atom stereocenters. The van der Waals surface area contributed by atoms with Crippen LogP contribution in [-0.4, -0.2) is 58.9 Å². The van der Waals surface area contributed by atoms with Crippen molar-refractivity contribution >= 4 is 39.1 Å². The molecule has 2 N–H and O–H groups in total. The third-order valence-electron chi connectivity index (χ3n) is 7.20. The fourth-order valence-electron chi connectivity index (χ4n) is 5.23. The molecule has 0 aromatic carbocycles. The first-order valence-electron chi connectivity index (χ1n) is 13.1. The minimum absolute atomic E-state index is 0.0424. The van der Waals surface area contributed by atoms with Gasteiger partial charge < -0.3 is 4.98 Å². The number of imidazole rings is 1. The Bertz CT molecular complexity index is 1830. The average molecular weight is 535 g/mol. The maximum atomic E-state index is 11.8. The van der Waals surface area contributed by atoms with E-state index in [0.29, 0.717) is 16.4 Å². The third kappa shape index (κ3) is 4.51. The second kappa shape index (κ2) is 9.79. The van der Waals surface area contributed by atoms with Crippen LogP contribution in [0.5, 0.6) is 0 Å². The van der Waals surface area contributed by atoms with E-state index in [9.17, 15) is 4.79 Å².